The number of nitrogens with zero attached hydrogens (tertiary/aromatic N) is 4. The summed E-state index contributed by atoms with van der Waals surface area (Å²) in [7, 11) is 0. The highest BCUT2D eigenvalue weighted by Gasteiger charge is 2.24. The molecule has 0 unspecified atom stereocenters. The van der Waals surface area contributed by atoms with E-state index in [0.29, 0.717) is 12.3 Å². The summed E-state index contributed by atoms with van der Waals surface area (Å²) in [4.78, 5) is 15.9. The van der Waals surface area contributed by atoms with Gasteiger partial charge in [-0.1, -0.05) is 37.5 Å². The maximum absolute atomic E-state index is 11.7. The zero-order valence-electron chi connectivity index (χ0n) is 12.8. The Morgan fingerprint density at radius 3 is 2.52 bits per heavy atom. The Kier molecular flexibility index (Phi) is 4.73. The van der Waals surface area contributed by atoms with Gasteiger partial charge in [0.15, 0.2) is 0 Å². The van der Waals surface area contributed by atoms with Gasteiger partial charge in [0.05, 0.1) is 0 Å². The number of hydrogen-bond donors (Lipinski definition) is 0. The van der Waals surface area contributed by atoms with Gasteiger partial charge in [0.1, 0.15) is 5.01 Å². The molecule has 6 heteroatoms. The highest BCUT2D eigenvalue weighted by molar-refractivity contribution is 7.15. The van der Waals surface area contributed by atoms with E-state index in [0.717, 1.165) is 31.3 Å². The molecule has 2 aliphatic rings. The molecule has 21 heavy (non-hydrogen) atoms. The zero-order valence-corrected chi connectivity index (χ0v) is 13.6. The predicted molar refractivity (Wildman–Crippen MR) is 84.8 cm³/mol. The fourth-order valence-electron chi connectivity index (χ4n) is 3.24. The number of carbonyl (C=O) groups is 1. The van der Waals surface area contributed by atoms with Gasteiger partial charge in [-0.05, 0) is 12.8 Å². The molecule has 2 heterocycles. The number of aromatic nitrogens is 2. The van der Waals surface area contributed by atoms with Crippen LogP contribution in [0.15, 0.2) is 0 Å². The quantitative estimate of drug-likeness (QED) is 0.861. The van der Waals surface area contributed by atoms with E-state index in [1.54, 1.807) is 11.3 Å². The first-order chi connectivity index (χ1) is 10.3. The monoisotopic (exact) mass is 308 g/mol. The summed E-state index contributed by atoms with van der Waals surface area (Å²) in [6.07, 6.45) is 7.18. The zero-order chi connectivity index (χ0) is 14.7. The first-order valence-corrected chi connectivity index (χ1v) is 8.95. The lowest BCUT2D eigenvalue weighted by Crippen LogP contribution is -2.48. The summed E-state index contributed by atoms with van der Waals surface area (Å²) in [5.74, 6) is 0.891. The largest absolute Gasteiger partial charge is 0.343 e. The highest BCUT2D eigenvalue weighted by Crippen LogP contribution is 2.36. The molecule has 116 valence electrons. The smallest absolute Gasteiger partial charge is 0.222 e. The molecular weight excluding hydrogens is 284 g/mol. The molecule has 1 aromatic rings. The van der Waals surface area contributed by atoms with Crippen molar-refractivity contribution in [1.82, 2.24) is 15.1 Å². The molecule has 0 aromatic carbocycles. The predicted octanol–water partition coefficient (Wildman–Crippen LogP) is 2.64. The van der Waals surface area contributed by atoms with Gasteiger partial charge in [0.25, 0.3) is 0 Å². The van der Waals surface area contributed by atoms with E-state index < -0.39 is 0 Å². The Hall–Kier alpha value is -1.17. The van der Waals surface area contributed by atoms with E-state index in [4.69, 9.17) is 0 Å². The van der Waals surface area contributed by atoms with Crippen molar-refractivity contribution in [2.75, 3.05) is 31.1 Å². The lowest BCUT2D eigenvalue weighted by atomic mass is 9.90. The van der Waals surface area contributed by atoms with Crippen LogP contribution in [0.25, 0.3) is 0 Å². The van der Waals surface area contributed by atoms with E-state index in [1.165, 1.54) is 37.1 Å². The molecule has 0 atom stereocenters. The van der Waals surface area contributed by atoms with Gasteiger partial charge in [0, 0.05) is 38.5 Å². The average Bonchev–Trinajstić information content (AvgIpc) is 3.05. The summed E-state index contributed by atoms with van der Waals surface area (Å²) >= 11 is 1.76. The second-order valence-corrected chi connectivity index (χ2v) is 6.97. The number of piperazine rings is 1. The molecule has 5 nitrogen and oxygen atoms in total. The van der Waals surface area contributed by atoms with Gasteiger partial charge < -0.3 is 9.80 Å². The molecule has 1 saturated heterocycles. The molecule has 0 bridgehead atoms. The van der Waals surface area contributed by atoms with Crippen LogP contribution < -0.4 is 4.90 Å². The number of anilines is 1. The van der Waals surface area contributed by atoms with Gasteiger partial charge in [-0.15, -0.1) is 10.2 Å². The van der Waals surface area contributed by atoms with Gasteiger partial charge in [-0.3, -0.25) is 4.79 Å². The standard InChI is InChI=1S/C15H24N4OS/c1-2-13(20)18-8-10-19(11-9-18)15-17-16-14(21-15)12-6-4-3-5-7-12/h12H,2-11H2,1H3. The fourth-order valence-corrected chi connectivity index (χ4v) is 4.30. The van der Waals surface area contributed by atoms with Crippen molar-refractivity contribution < 1.29 is 4.79 Å². The molecule has 0 radical (unpaired) electrons. The minimum atomic E-state index is 0.259. The van der Waals surface area contributed by atoms with Crippen LogP contribution in [0.5, 0.6) is 0 Å². The Labute approximate surface area is 130 Å². The lowest BCUT2D eigenvalue weighted by Gasteiger charge is -2.34. The van der Waals surface area contributed by atoms with Crippen LogP contribution in [0.3, 0.4) is 0 Å². The van der Waals surface area contributed by atoms with E-state index in [-0.39, 0.29) is 5.91 Å². The van der Waals surface area contributed by atoms with Crippen LogP contribution in [0.2, 0.25) is 0 Å². The van der Waals surface area contributed by atoms with Crippen molar-refractivity contribution in [2.45, 2.75) is 51.4 Å². The van der Waals surface area contributed by atoms with Crippen LogP contribution in [0, 0.1) is 0 Å². The topological polar surface area (TPSA) is 49.3 Å². The normalized spacial score (nSPS) is 20.8. The Bertz CT molecular complexity index is 476. The molecule has 1 aliphatic heterocycles. The minimum Gasteiger partial charge on any atom is -0.343 e. The third kappa shape index (κ3) is 3.36. The molecule has 3 rings (SSSR count). The maximum atomic E-state index is 11.7. The number of rotatable bonds is 3. The molecule has 1 aliphatic carbocycles. The second-order valence-electron chi connectivity index (χ2n) is 5.98. The van der Waals surface area contributed by atoms with Crippen LogP contribution in [0.1, 0.15) is 56.4 Å². The summed E-state index contributed by atoms with van der Waals surface area (Å²) in [5, 5.41) is 11.1. The Morgan fingerprint density at radius 2 is 1.86 bits per heavy atom. The van der Waals surface area contributed by atoms with Crippen molar-refractivity contribution in [3.63, 3.8) is 0 Å². The molecule has 1 saturated carbocycles. The van der Waals surface area contributed by atoms with Gasteiger partial charge in [-0.25, -0.2) is 0 Å². The Morgan fingerprint density at radius 1 is 1.14 bits per heavy atom. The summed E-state index contributed by atoms with van der Waals surface area (Å²) < 4.78 is 0. The lowest BCUT2D eigenvalue weighted by molar-refractivity contribution is -0.131. The van der Waals surface area contributed by atoms with Crippen molar-refractivity contribution in [2.24, 2.45) is 0 Å². The van der Waals surface area contributed by atoms with Crippen molar-refractivity contribution >= 4 is 22.4 Å². The second kappa shape index (κ2) is 6.73. The van der Waals surface area contributed by atoms with E-state index in [1.807, 2.05) is 11.8 Å². The summed E-state index contributed by atoms with van der Waals surface area (Å²) in [6, 6.07) is 0. The number of carbonyl (C=O) groups excluding carboxylic acids is 1. The van der Waals surface area contributed by atoms with Gasteiger partial charge >= 0.3 is 0 Å². The number of amides is 1. The Balaban J connectivity index is 1.58. The van der Waals surface area contributed by atoms with Gasteiger partial charge in [-0.2, -0.15) is 0 Å². The van der Waals surface area contributed by atoms with Crippen molar-refractivity contribution in [1.29, 1.82) is 0 Å². The third-order valence-corrected chi connectivity index (χ3v) is 5.74. The molecule has 2 fully saturated rings. The minimum absolute atomic E-state index is 0.259. The molecule has 1 amide bonds. The first kappa shape index (κ1) is 14.8. The van der Waals surface area contributed by atoms with Gasteiger partial charge in [0.2, 0.25) is 11.0 Å². The van der Waals surface area contributed by atoms with Crippen molar-refractivity contribution in [3.05, 3.63) is 5.01 Å². The van der Waals surface area contributed by atoms with Crippen LogP contribution >= 0.6 is 11.3 Å². The molecule has 1 aromatic heterocycles. The number of hydrogen-bond acceptors (Lipinski definition) is 5. The molecule has 0 N–H and O–H groups in total. The first-order valence-electron chi connectivity index (χ1n) is 8.14. The van der Waals surface area contributed by atoms with Crippen LogP contribution in [-0.2, 0) is 4.79 Å². The average molecular weight is 308 g/mol. The molecular formula is C15H24N4OS. The third-order valence-electron chi connectivity index (χ3n) is 4.59. The summed E-state index contributed by atoms with van der Waals surface area (Å²) in [5.41, 5.74) is 0. The van der Waals surface area contributed by atoms with Crippen LogP contribution in [0.4, 0.5) is 5.13 Å². The SMILES string of the molecule is CCC(=O)N1CCN(c2nnc(C3CCCCC3)s2)CC1. The maximum Gasteiger partial charge on any atom is 0.222 e. The van der Waals surface area contributed by atoms with E-state index >= 15 is 0 Å². The highest BCUT2D eigenvalue weighted by atomic mass is 32.1. The van der Waals surface area contributed by atoms with Crippen LogP contribution in [-0.4, -0.2) is 47.2 Å². The summed E-state index contributed by atoms with van der Waals surface area (Å²) in [6.45, 7) is 5.31. The molecule has 0 spiro atoms. The van der Waals surface area contributed by atoms with E-state index in [2.05, 4.69) is 15.1 Å². The van der Waals surface area contributed by atoms with E-state index in [9.17, 15) is 4.79 Å². The van der Waals surface area contributed by atoms with Crippen molar-refractivity contribution in [3.8, 4) is 0 Å². The fraction of sp³-hybridized carbons (Fsp3) is 0.800.